The van der Waals surface area contributed by atoms with E-state index in [1.165, 1.54) is 17.5 Å². The minimum absolute atomic E-state index is 0.0507. The van der Waals surface area contributed by atoms with E-state index in [0.29, 0.717) is 30.9 Å². The van der Waals surface area contributed by atoms with E-state index in [1.807, 2.05) is 6.92 Å². The van der Waals surface area contributed by atoms with Crippen LogP contribution in [0.3, 0.4) is 0 Å². The van der Waals surface area contributed by atoms with E-state index >= 15 is 0 Å². The molecule has 0 unspecified atom stereocenters. The van der Waals surface area contributed by atoms with Gasteiger partial charge in [-0.05, 0) is 13.3 Å². The van der Waals surface area contributed by atoms with Gasteiger partial charge >= 0.3 is 0 Å². The summed E-state index contributed by atoms with van der Waals surface area (Å²) in [6.07, 6.45) is 2.21. The van der Waals surface area contributed by atoms with Crippen LogP contribution in [0.25, 0.3) is 11.5 Å². The molecular formula is C15H17N5O3S. The normalized spacial score (nSPS) is 17.8. The molecule has 1 atom stereocenters. The van der Waals surface area contributed by atoms with Crippen molar-refractivity contribution in [1.82, 2.24) is 25.2 Å². The molecule has 2 aromatic heterocycles. The van der Waals surface area contributed by atoms with Crippen molar-refractivity contribution < 1.29 is 9.59 Å². The van der Waals surface area contributed by atoms with Gasteiger partial charge in [0.1, 0.15) is 11.3 Å². The molecule has 9 heteroatoms. The molecule has 3 heterocycles. The highest BCUT2D eigenvalue weighted by Crippen LogP contribution is 2.16. The molecular weight excluding hydrogens is 330 g/mol. The lowest BCUT2D eigenvalue weighted by molar-refractivity contribution is -0.132. The summed E-state index contributed by atoms with van der Waals surface area (Å²) < 4.78 is 0. The summed E-state index contributed by atoms with van der Waals surface area (Å²) in [7, 11) is 1.69. The van der Waals surface area contributed by atoms with Gasteiger partial charge in [-0.15, -0.1) is 11.3 Å². The molecule has 0 bridgehead atoms. The molecule has 1 saturated heterocycles. The standard InChI is InChI=1S/C15H17N5O3S/c1-8-17-11(7-24-8)13-16-5-10(15(23)19-13)14(22)18-9-3-4-12(21)20(2)6-9/h5,7,9H,3-4,6H2,1-2H3,(H,18,22)(H,16,19,23)/t9-/m0/s1. The van der Waals surface area contributed by atoms with Crippen LogP contribution >= 0.6 is 11.3 Å². The Balaban J connectivity index is 1.74. The number of carbonyl (C=O) groups excluding carboxylic acids is 2. The molecule has 126 valence electrons. The van der Waals surface area contributed by atoms with Crippen molar-refractivity contribution in [2.75, 3.05) is 13.6 Å². The van der Waals surface area contributed by atoms with Gasteiger partial charge in [0.05, 0.1) is 5.01 Å². The zero-order chi connectivity index (χ0) is 17.3. The molecule has 0 radical (unpaired) electrons. The second-order valence-corrected chi connectivity index (χ2v) is 6.77. The second-order valence-electron chi connectivity index (χ2n) is 5.71. The van der Waals surface area contributed by atoms with Crippen LogP contribution in [0, 0.1) is 6.92 Å². The first-order valence-electron chi connectivity index (χ1n) is 7.50. The number of hydrogen-bond acceptors (Lipinski definition) is 6. The number of hydrogen-bond donors (Lipinski definition) is 2. The van der Waals surface area contributed by atoms with Crippen molar-refractivity contribution in [3.05, 3.63) is 32.5 Å². The minimum Gasteiger partial charge on any atom is -0.347 e. The maximum atomic E-state index is 12.3. The van der Waals surface area contributed by atoms with Crippen LogP contribution in [0.2, 0.25) is 0 Å². The number of aryl methyl sites for hydroxylation is 1. The topological polar surface area (TPSA) is 108 Å². The molecule has 2 amide bonds. The fourth-order valence-corrected chi connectivity index (χ4v) is 3.15. The number of nitrogens with one attached hydrogen (secondary N) is 2. The quantitative estimate of drug-likeness (QED) is 0.843. The van der Waals surface area contributed by atoms with Gasteiger partial charge in [0, 0.05) is 37.6 Å². The smallest absolute Gasteiger partial charge is 0.264 e. The Kier molecular flexibility index (Phi) is 4.43. The predicted octanol–water partition coefficient (Wildman–Crippen LogP) is 0.552. The number of nitrogens with zero attached hydrogens (tertiary/aromatic N) is 3. The van der Waals surface area contributed by atoms with Crippen molar-refractivity contribution in [3.63, 3.8) is 0 Å². The summed E-state index contributed by atoms with van der Waals surface area (Å²) in [5.41, 5.74) is 0.0163. The Hall–Kier alpha value is -2.55. The average Bonchev–Trinajstić information content (AvgIpc) is 2.97. The number of H-pyrrole nitrogens is 1. The lowest BCUT2D eigenvalue weighted by Crippen LogP contribution is -2.49. The van der Waals surface area contributed by atoms with Crippen LogP contribution < -0.4 is 10.9 Å². The molecule has 24 heavy (non-hydrogen) atoms. The first kappa shape index (κ1) is 16.3. The molecule has 0 spiro atoms. The van der Waals surface area contributed by atoms with Gasteiger partial charge in [-0.2, -0.15) is 0 Å². The van der Waals surface area contributed by atoms with Crippen molar-refractivity contribution in [1.29, 1.82) is 0 Å². The molecule has 1 aliphatic rings. The first-order valence-corrected chi connectivity index (χ1v) is 8.38. The Morgan fingerprint density at radius 1 is 1.46 bits per heavy atom. The van der Waals surface area contributed by atoms with E-state index in [-0.39, 0.29) is 17.5 Å². The number of rotatable bonds is 3. The van der Waals surface area contributed by atoms with E-state index < -0.39 is 11.5 Å². The van der Waals surface area contributed by atoms with Gasteiger partial charge < -0.3 is 15.2 Å². The summed E-state index contributed by atoms with van der Waals surface area (Å²) in [5, 5.41) is 5.44. The third-order valence-corrected chi connectivity index (χ3v) is 4.64. The molecule has 8 nitrogen and oxygen atoms in total. The van der Waals surface area contributed by atoms with Crippen LogP contribution in [0.1, 0.15) is 28.2 Å². The number of aromatic nitrogens is 3. The van der Waals surface area contributed by atoms with Gasteiger partial charge in [-0.25, -0.2) is 9.97 Å². The van der Waals surface area contributed by atoms with Crippen LogP contribution in [0.4, 0.5) is 0 Å². The van der Waals surface area contributed by atoms with Gasteiger partial charge in [-0.3, -0.25) is 14.4 Å². The molecule has 2 N–H and O–H groups in total. The second kappa shape index (κ2) is 6.52. The largest absolute Gasteiger partial charge is 0.347 e. The zero-order valence-electron chi connectivity index (χ0n) is 13.3. The fraction of sp³-hybridized carbons (Fsp3) is 0.400. The highest BCUT2D eigenvalue weighted by atomic mass is 32.1. The maximum absolute atomic E-state index is 12.3. The van der Waals surface area contributed by atoms with E-state index in [9.17, 15) is 14.4 Å². The zero-order valence-corrected chi connectivity index (χ0v) is 14.1. The van der Waals surface area contributed by atoms with E-state index in [2.05, 4.69) is 20.3 Å². The molecule has 1 fully saturated rings. The SMILES string of the molecule is Cc1nc(-c2ncc(C(=O)N[C@H]3CCC(=O)N(C)C3)c(=O)[nH]2)cs1. The van der Waals surface area contributed by atoms with E-state index in [0.717, 1.165) is 5.01 Å². The van der Waals surface area contributed by atoms with Crippen molar-refractivity contribution in [2.24, 2.45) is 0 Å². The number of aromatic amines is 1. The molecule has 2 aromatic rings. The molecule has 0 saturated carbocycles. The summed E-state index contributed by atoms with van der Waals surface area (Å²) in [4.78, 5) is 48.5. The summed E-state index contributed by atoms with van der Waals surface area (Å²) in [6, 6.07) is -0.166. The lowest BCUT2D eigenvalue weighted by atomic mass is 10.1. The number of carbonyl (C=O) groups is 2. The first-order chi connectivity index (χ1) is 11.4. The van der Waals surface area contributed by atoms with Crippen LogP contribution in [0.5, 0.6) is 0 Å². The summed E-state index contributed by atoms with van der Waals surface area (Å²) in [5.74, 6) is -0.0932. The van der Waals surface area contributed by atoms with E-state index in [1.54, 1.807) is 17.3 Å². The van der Waals surface area contributed by atoms with Crippen LogP contribution in [0.15, 0.2) is 16.4 Å². The van der Waals surface area contributed by atoms with Gasteiger partial charge in [-0.1, -0.05) is 0 Å². The minimum atomic E-state index is -0.511. The fourth-order valence-electron chi connectivity index (χ4n) is 2.55. The number of thiazole rings is 1. The number of likely N-dealkylation sites (N-methyl/N-ethyl adjacent to an activating group) is 1. The molecule has 0 aliphatic carbocycles. The third-order valence-electron chi connectivity index (χ3n) is 3.87. The van der Waals surface area contributed by atoms with Crippen LogP contribution in [-0.4, -0.2) is 51.3 Å². The van der Waals surface area contributed by atoms with Gasteiger partial charge in [0.15, 0.2) is 5.82 Å². The Morgan fingerprint density at radius 3 is 2.88 bits per heavy atom. The van der Waals surface area contributed by atoms with E-state index in [4.69, 9.17) is 0 Å². The highest BCUT2D eigenvalue weighted by molar-refractivity contribution is 7.09. The predicted molar refractivity (Wildman–Crippen MR) is 88.8 cm³/mol. The van der Waals surface area contributed by atoms with Crippen LogP contribution in [-0.2, 0) is 4.79 Å². The number of likely N-dealkylation sites (tertiary alicyclic amines) is 1. The average molecular weight is 347 g/mol. The number of piperidine rings is 1. The lowest BCUT2D eigenvalue weighted by Gasteiger charge is -2.30. The monoisotopic (exact) mass is 347 g/mol. The van der Waals surface area contributed by atoms with Gasteiger partial charge in [0.2, 0.25) is 5.91 Å². The number of amides is 2. The third kappa shape index (κ3) is 3.35. The molecule has 0 aromatic carbocycles. The summed E-state index contributed by atoms with van der Waals surface area (Å²) >= 11 is 1.45. The van der Waals surface area contributed by atoms with Gasteiger partial charge in [0.25, 0.3) is 11.5 Å². The van der Waals surface area contributed by atoms with Crippen molar-refractivity contribution >= 4 is 23.2 Å². The molecule has 1 aliphatic heterocycles. The van der Waals surface area contributed by atoms with Crippen molar-refractivity contribution in [3.8, 4) is 11.5 Å². The van der Waals surface area contributed by atoms with Crippen molar-refractivity contribution in [2.45, 2.75) is 25.8 Å². The highest BCUT2D eigenvalue weighted by Gasteiger charge is 2.25. The Bertz CT molecular complexity index is 844. The molecule has 3 rings (SSSR count). The summed E-state index contributed by atoms with van der Waals surface area (Å²) in [6.45, 7) is 2.30. The maximum Gasteiger partial charge on any atom is 0.264 e. The Morgan fingerprint density at radius 2 is 2.25 bits per heavy atom. The Labute approximate surface area is 141 Å².